The van der Waals surface area contributed by atoms with Crippen LogP contribution in [0.1, 0.15) is 38.5 Å². The molecule has 0 spiro atoms. The highest BCUT2D eigenvalue weighted by atomic mass is 16.5. The Labute approximate surface area is 130 Å². The van der Waals surface area contributed by atoms with Crippen molar-refractivity contribution in [3.05, 3.63) is 0 Å². The summed E-state index contributed by atoms with van der Waals surface area (Å²) in [6.07, 6.45) is 8.44. The van der Waals surface area contributed by atoms with Crippen LogP contribution in [0.25, 0.3) is 0 Å². The molecule has 3 fully saturated rings. The molecule has 1 N–H and O–H groups in total. The van der Waals surface area contributed by atoms with Gasteiger partial charge in [-0.1, -0.05) is 19.3 Å². The lowest BCUT2D eigenvalue weighted by molar-refractivity contribution is 0.0181. The van der Waals surface area contributed by atoms with Crippen molar-refractivity contribution in [3.63, 3.8) is 0 Å². The number of hydrogen-bond acceptors (Lipinski definition) is 4. The largest absolute Gasteiger partial charge is 0.379 e. The third kappa shape index (κ3) is 4.19. The van der Waals surface area contributed by atoms with Gasteiger partial charge < -0.3 is 15.0 Å². The molecule has 0 radical (unpaired) electrons. The molecule has 4 nitrogen and oxygen atoms in total. The van der Waals surface area contributed by atoms with E-state index in [1.165, 1.54) is 58.2 Å². The van der Waals surface area contributed by atoms with Crippen LogP contribution in [-0.2, 0) is 4.74 Å². The summed E-state index contributed by atoms with van der Waals surface area (Å²) in [6, 6.07) is 1.53. The van der Waals surface area contributed by atoms with Gasteiger partial charge in [0.15, 0.2) is 0 Å². The number of nitrogens with zero attached hydrogens (tertiary/aromatic N) is 2. The zero-order chi connectivity index (χ0) is 14.5. The summed E-state index contributed by atoms with van der Waals surface area (Å²) in [6.45, 7) is 8.04. The molecule has 0 aromatic heterocycles. The molecule has 3 unspecified atom stereocenters. The Morgan fingerprint density at radius 3 is 2.62 bits per heavy atom. The van der Waals surface area contributed by atoms with Gasteiger partial charge in [-0.25, -0.2) is 0 Å². The highest BCUT2D eigenvalue weighted by molar-refractivity contribution is 4.88. The van der Waals surface area contributed by atoms with Crippen LogP contribution in [0.4, 0.5) is 0 Å². The predicted octanol–water partition coefficient (Wildman–Crippen LogP) is 1.56. The van der Waals surface area contributed by atoms with Gasteiger partial charge in [0.05, 0.1) is 13.2 Å². The van der Waals surface area contributed by atoms with Crippen molar-refractivity contribution >= 4 is 0 Å². The minimum absolute atomic E-state index is 0.745. The molecule has 3 aliphatic rings. The van der Waals surface area contributed by atoms with Gasteiger partial charge in [0.1, 0.15) is 0 Å². The second-order valence-corrected chi connectivity index (χ2v) is 7.14. The number of nitrogens with one attached hydrogen (secondary N) is 1. The third-order valence-corrected chi connectivity index (χ3v) is 5.83. The zero-order valence-electron chi connectivity index (χ0n) is 13.7. The topological polar surface area (TPSA) is 27.7 Å². The third-order valence-electron chi connectivity index (χ3n) is 5.83. The molecule has 21 heavy (non-hydrogen) atoms. The first kappa shape index (κ1) is 15.7. The Bertz CT molecular complexity index is 306. The highest BCUT2D eigenvalue weighted by Crippen LogP contribution is 2.26. The Balaban J connectivity index is 1.48. The van der Waals surface area contributed by atoms with Crippen LogP contribution in [-0.4, -0.2) is 74.9 Å². The first-order chi connectivity index (χ1) is 10.4. The minimum Gasteiger partial charge on any atom is -0.379 e. The molecule has 1 aliphatic carbocycles. The maximum absolute atomic E-state index is 5.49. The zero-order valence-corrected chi connectivity index (χ0v) is 13.7. The van der Waals surface area contributed by atoms with Crippen LogP contribution in [0.15, 0.2) is 0 Å². The fourth-order valence-electron chi connectivity index (χ4n) is 4.53. The van der Waals surface area contributed by atoms with E-state index in [1.807, 2.05) is 0 Å². The fraction of sp³-hybridized carbons (Fsp3) is 1.00. The van der Waals surface area contributed by atoms with E-state index in [1.54, 1.807) is 0 Å². The van der Waals surface area contributed by atoms with E-state index in [0.29, 0.717) is 0 Å². The van der Waals surface area contributed by atoms with E-state index in [0.717, 1.165) is 44.3 Å². The van der Waals surface area contributed by atoms with Gasteiger partial charge in [-0.3, -0.25) is 4.90 Å². The van der Waals surface area contributed by atoms with Crippen molar-refractivity contribution in [1.82, 2.24) is 15.1 Å². The summed E-state index contributed by atoms with van der Waals surface area (Å²) in [4.78, 5) is 5.40. The number of ether oxygens (including phenoxy) is 1. The number of hydrogen-bond donors (Lipinski definition) is 1. The van der Waals surface area contributed by atoms with Crippen molar-refractivity contribution in [3.8, 4) is 0 Å². The number of likely N-dealkylation sites (tertiary alicyclic amines) is 1. The van der Waals surface area contributed by atoms with Crippen molar-refractivity contribution < 1.29 is 4.74 Å². The molecular formula is C17H33N3O. The van der Waals surface area contributed by atoms with Crippen molar-refractivity contribution in [1.29, 1.82) is 0 Å². The minimum atomic E-state index is 0.745. The lowest BCUT2D eigenvalue weighted by atomic mass is 9.94. The van der Waals surface area contributed by atoms with Crippen LogP contribution in [0.5, 0.6) is 0 Å². The van der Waals surface area contributed by atoms with Crippen LogP contribution >= 0.6 is 0 Å². The molecule has 3 rings (SSSR count). The Hall–Kier alpha value is -0.160. The van der Waals surface area contributed by atoms with E-state index in [2.05, 4.69) is 22.2 Å². The smallest absolute Gasteiger partial charge is 0.0594 e. The van der Waals surface area contributed by atoms with Gasteiger partial charge in [0.2, 0.25) is 0 Å². The van der Waals surface area contributed by atoms with Crippen molar-refractivity contribution in [2.45, 2.75) is 50.6 Å². The highest BCUT2D eigenvalue weighted by Gasteiger charge is 2.31. The maximum atomic E-state index is 5.49. The van der Waals surface area contributed by atoms with E-state index in [4.69, 9.17) is 4.74 Å². The summed E-state index contributed by atoms with van der Waals surface area (Å²) in [5.74, 6) is 0.862. The summed E-state index contributed by atoms with van der Waals surface area (Å²) in [7, 11) is 2.16. The van der Waals surface area contributed by atoms with Crippen LogP contribution < -0.4 is 5.32 Å². The lowest BCUT2D eigenvalue weighted by Crippen LogP contribution is -2.45. The molecule has 2 heterocycles. The molecule has 1 saturated carbocycles. The van der Waals surface area contributed by atoms with Crippen LogP contribution in [0.3, 0.4) is 0 Å². The second kappa shape index (κ2) is 7.91. The van der Waals surface area contributed by atoms with Gasteiger partial charge in [0.25, 0.3) is 0 Å². The molecule has 0 amide bonds. The first-order valence-electron chi connectivity index (χ1n) is 9.08. The predicted molar refractivity (Wildman–Crippen MR) is 86.7 cm³/mol. The van der Waals surface area contributed by atoms with E-state index >= 15 is 0 Å². The Morgan fingerprint density at radius 2 is 1.81 bits per heavy atom. The SMILES string of the molecule is CNC1CCCCCC1CN1CCC(N2CCOCC2)C1. The molecular weight excluding hydrogens is 262 g/mol. The van der Waals surface area contributed by atoms with Gasteiger partial charge in [0, 0.05) is 38.3 Å². The average Bonchev–Trinajstić information content (AvgIpc) is 2.88. The normalized spacial score (nSPS) is 36.7. The van der Waals surface area contributed by atoms with Gasteiger partial charge in [-0.05, 0) is 38.8 Å². The number of morpholine rings is 1. The molecule has 0 aromatic rings. The Morgan fingerprint density at radius 1 is 1.00 bits per heavy atom. The molecule has 0 bridgehead atoms. The first-order valence-corrected chi connectivity index (χ1v) is 9.08. The Kier molecular flexibility index (Phi) is 5.92. The summed E-state index contributed by atoms with van der Waals surface area (Å²) < 4.78 is 5.49. The number of rotatable bonds is 4. The monoisotopic (exact) mass is 295 g/mol. The molecule has 4 heteroatoms. The fourth-order valence-corrected chi connectivity index (χ4v) is 4.53. The standard InChI is InChI=1S/C17H33N3O/c1-18-17-6-4-2-3-5-15(17)13-19-8-7-16(14-19)20-9-11-21-12-10-20/h15-18H,2-14H2,1H3. The van der Waals surface area contributed by atoms with E-state index in [9.17, 15) is 0 Å². The summed E-state index contributed by atoms with van der Waals surface area (Å²) in [5.41, 5.74) is 0. The molecule has 3 atom stereocenters. The summed E-state index contributed by atoms with van der Waals surface area (Å²) >= 11 is 0. The molecule has 2 saturated heterocycles. The van der Waals surface area contributed by atoms with Crippen LogP contribution in [0, 0.1) is 5.92 Å². The molecule has 122 valence electrons. The van der Waals surface area contributed by atoms with Crippen molar-refractivity contribution in [2.75, 3.05) is 53.0 Å². The van der Waals surface area contributed by atoms with Crippen molar-refractivity contribution in [2.24, 2.45) is 5.92 Å². The van der Waals surface area contributed by atoms with E-state index < -0.39 is 0 Å². The maximum Gasteiger partial charge on any atom is 0.0594 e. The average molecular weight is 295 g/mol. The van der Waals surface area contributed by atoms with Gasteiger partial charge in [-0.15, -0.1) is 0 Å². The summed E-state index contributed by atoms with van der Waals surface area (Å²) in [5, 5.41) is 3.59. The van der Waals surface area contributed by atoms with Crippen LogP contribution in [0.2, 0.25) is 0 Å². The van der Waals surface area contributed by atoms with Gasteiger partial charge >= 0.3 is 0 Å². The quantitative estimate of drug-likeness (QED) is 0.797. The lowest BCUT2D eigenvalue weighted by Gasteiger charge is -2.33. The molecule has 0 aromatic carbocycles. The molecule has 2 aliphatic heterocycles. The van der Waals surface area contributed by atoms with E-state index in [-0.39, 0.29) is 0 Å². The van der Waals surface area contributed by atoms with Gasteiger partial charge in [-0.2, -0.15) is 0 Å². The second-order valence-electron chi connectivity index (χ2n) is 7.14.